The molecule has 3 aromatic rings. The average Bonchev–Trinajstić information content (AvgIpc) is 3.11. The maximum atomic E-state index is 13.8. The first kappa shape index (κ1) is 21.1. The molecule has 2 aromatic carbocycles. The Kier molecular flexibility index (Phi) is 5.98. The van der Waals surface area contributed by atoms with Gasteiger partial charge in [0.15, 0.2) is 0 Å². The van der Waals surface area contributed by atoms with Crippen LogP contribution in [0.1, 0.15) is 23.7 Å². The second kappa shape index (κ2) is 8.52. The third-order valence-corrected chi connectivity index (χ3v) is 7.17. The van der Waals surface area contributed by atoms with E-state index in [-0.39, 0.29) is 12.4 Å². The fraction of sp³-hybridized carbons (Fsp3) is 0.364. The summed E-state index contributed by atoms with van der Waals surface area (Å²) in [5.41, 5.74) is 2.45. The van der Waals surface area contributed by atoms with E-state index in [1.807, 2.05) is 38.5 Å². The molecular formula is C22H26FN2O4P. The standard InChI is InChI=1S/C22H26FN2O4P/c1-24(2)11-9-17-15-25(21-8-7-19(27-3)14-20(17)21)30(26)28-12-10-22(29-30)16-5-4-6-18(23)13-16/h4-8,13-15,22H,9-12H2,1-3H3. The SMILES string of the molecule is COc1ccc2c(c1)c(CCN(C)C)cn2P1(=O)OCCC(c2cccc(F)c2)O1. The number of nitrogens with zero attached hydrogens (tertiary/aromatic N) is 2. The molecule has 0 N–H and O–H groups in total. The molecule has 1 aliphatic heterocycles. The molecule has 0 amide bonds. The molecule has 2 heterocycles. The van der Waals surface area contributed by atoms with E-state index in [0.29, 0.717) is 12.0 Å². The van der Waals surface area contributed by atoms with Gasteiger partial charge >= 0.3 is 7.75 Å². The number of halogens is 1. The molecule has 2 unspecified atom stereocenters. The Balaban J connectivity index is 1.74. The zero-order valence-electron chi connectivity index (χ0n) is 17.4. The van der Waals surface area contributed by atoms with Crippen molar-refractivity contribution in [1.82, 2.24) is 9.24 Å². The van der Waals surface area contributed by atoms with E-state index in [4.69, 9.17) is 13.8 Å². The van der Waals surface area contributed by atoms with E-state index >= 15 is 0 Å². The molecule has 0 radical (unpaired) electrons. The molecule has 1 saturated heterocycles. The van der Waals surface area contributed by atoms with Crippen molar-refractivity contribution in [3.8, 4) is 5.75 Å². The fourth-order valence-corrected chi connectivity index (χ4v) is 5.59. The van der Waals surface area contributed by atoms with Crippen LogP contribution >= 0.6 is 7.75 Å². The van der Waals surface area contributed by atoms with E-state index < -0.39 is 13.9 Å². The van der Waals surface area contributed by atoms with E-state index in [1.54, 1.807) is 23.6 Å². The van der Waals surface area contributed by atoms with E-state index in [0.717, 1.165) is 35.2 Å². The third kappa shape index (κ3) is 4.16. The second-order valence-corrected chi connectivity index (χ2v) is 9.51. The highest BCUT2D eigenvalue weighted by Crippen LogP contribution is 2.58. The summed E-state index contributed by atoms with van der Waals surface area (Å²) in [7, 11) is 1.99. The van der Waals surface area contributed by atoms with Crippen molar-refractivity contribution in [2.45, 2.75) is 18.9 Å². The molecule has 30 heavy (non-hydrogen) atoms. The smallest absolute Gasteiger partial charge is 0.439 e. The molecule has 0 saturated carbocycles. The highest BCUT2D eigenvalue weighted by Gasteiger charge is 2.38. The normalized spacial score (nSPS) is 22.0. The molecule has 1 aliphatic rings. The zero-order valence-corrected chi connectivity index (χ0v) is 18.3. The summed E-state index contributed by atoms with van der Waals surface area (Å²) >= 11 is 0. The van der Waals surface area contributed by atoms with E-state index in [2.05, 4.69) is 4.90 Å². The quantitative estimate of drug-likeness (QED) is 0.512. The van der Waals surface area contributed by atoms with Crippen LogP contribution < -0.4 is 4.74 Å². The van der Waals surface area contributed by atoms with Crippen molar-refractivity contribution >= 4 is 18.6 Å². The summed E-state index contributed by atoms with van der Waals surface area (Å²) in [5.74, 6) is 0.384. The minimum atomic E-state index is -3.66. The van der Waals surface area contributed by atoms with Crippen molar-refractivity contribution in [3.05, 3.63) is 65.6 Å². The predicted molar refractivity (Wildman–Crippen MR) is 115 cm³/mol. The largest absolute Gasteiger partial charge is 0.497 e. The van der Waals surface area contributed by atoms with Crippen LogP contribution in [0.15, 0.2) is 48.7 Å². The molecular weight excluding hydrogens is 406 g/mol. The first-order valence-electron chi connectivity index (χ1n) is 9.91. The lowest BCUT2D eigenvalue weighted by molar-refractivity contribution is 0.0769. The van der Waals surface area contributed by atoms with Gasteiger partial charge in [0.25, 0.3) is 0 Å². The summed E-state index contributed by atoms with van der Waals surface area (Å²) in [6, 6.07) is 11.8. The molecule has 2 atom stereocenters. The van der Waals surface area contributed by atoms with Gasteiger partial charge in [0.1, 0.15) is 11.6 Å². The van der Waals surface area contributed by atoms with Gasteiger partial charge in [-0.1, -0.05) is 12.1 Å². The Morgan fingerprint density at radius 3 is 2.83 bits per heavy atom. The maximum absolute atomic E-state index is 13.8. The molecule has 1 fully saturated rings. The zero-order chi connectivity index (χ0) is 21.3. The third-order valence-electron chi connectivity index (χ3n) is 5.28. The van der Waals surface area contributed by atoms with Gasteiger partial charge in [-0.3, -0.25) is 13.4 Å². The number of aromatic nitrogens is 1. The van der Waals surface area contributed by atoms with Gasteiger partial charge in [0.05, 0.1) is 25.3 Å². The molecule has 0 aliphatic carbocycles. The molecule has 0 spiro atoms. The Bertz CT molecular complexity index is 1100. The van der Waals surface area contributed by atoms with Crippen LogP contribution in [0, 0.1) is 5.82 Å². The van der Waals surface area contributed by atoms with Crippen molar-refractivity contribution in [3.63, 3.8) is 0 Å². The number of fused-ring (bicyclic) bond motifs is 1. The second-order valence-electron chi connectivity index (χ2n) is 7.67. The van der Waals surface area contributed by atoms with Crippen LogP contribution in [0.25, 0.3) is 10.9 Å². The van der Waals surface area contributed by atoms with Crippen LogP contribution in [0.2, 0.25) is 0 Å². The topological polar surface area (TPSA) is 52.9 Å². The minimum absolute atomic E-state index is 0.265. The number of likely N-dealkylation sites (N-methyl/N-ethyl adjacent to an activating group) is 1. The minimum Gasteiger partial charge on any atom is -0.497 e. The lowest BCUT2D eigenvalue weighted by Gasteiger charge is -2.30. The van der Waals surface area contributed by atoms with E-state index in [1.165, 1.54) is 12.1 Å². The van der Waals surface area contributed by atoms with Gasteiger partial charge in [0, 0.05) is 24.5 Å². The molecule has 1 aromatic heterocycles. The Hall–Kier alpha value is -2.18. The summed E-state index contributed by atoms with van der Waals surface area (Å²) in [4.78, 5) is 2.10. The lowest BCUT2D eigenvalue weighted by atomic mass is 10.1. The molecule has 6 nitrogen and oxygen atoms in total. The van der Waals surface area contributed by atoms with Crippen molar-refractivity contribution in [2.75, 3.05) is 34.4 Å². The van der Waals surface area contributed by atoms with Crippen LogP contribution in [-0.4, -0.2) is 43.6 Å². The fourth-order valence-electron chi connectivity index (χ4n) is 3.70. The highest BCUT2D eigenvalue weighted by atomic mass is 31.2. The first-order valence-corrected chi connectivity index (χ1v) is 11.4. The number of rotatable bonds is 6. The molecule has 4 rings (SSSR count). The first-order chi connectivity index (χ1) is 14.4. The Labute approximate surface area is 175 Å². The monoisotopic (exact) mass is 432 g/mol. The summed E-state index contributed by atoms with van der Waals surface area (Å²) in [5, 5.41) is 0.950. The van der Waals surface area contributed by atoms with Crippen molar-refractivity contribution in [2.24, 2.45) is 0 Å². The lowest BCUT2D eigenvalue weighted by Crippen LogP contribution is -2.17. The molecule has 8 heteroatoms. The number of methoxy groups -OCH3 is 1. The molecule has 0 bridgehead atoms. The predicted octanol–water partition coefficient (Wildman–Crippen LogP) is 5.03. The van der Waals surface area contributed by atoms with Crippen LogP contribution in [0.3, 0.4) is 0 Å². The van der Waals surface area contributed by atoms with Gasteiger partial charge in [-0.25, -0.2) is 8.96 Å². The van der Waals surface area contributed by atoms with Gasteiger partial charge < -0.3 is 9.64 Å². The summed E-state index contributed by atoms with van der Waals surface area (Å²) < 4.78 is 46.2. The number of ether oxygens (including phenoxy) is 1. The van der Waals surface area contributed by atoms with E-state index in [9.17, 15) is 8.96 Å². The van der Waals surface area contributed by atoms with Crippen LogP contribution in [0.5, 0.6) is 5.75 Å². The maximum Gasteiger partial charge on any atom is 0.439 e. The number of hydrogen-bond acceptors (Lipinski definition) is 5. The van der Waals surface area contributed by atoms with Gasteiger partial charge in [-0.2, -0.15) is 0 Å². The average molecular weight is 432 g/mol. The number of benzene rings is 2. The highest BCUT2D eigenvalue weighted by molar-refractivity contribution is 7.52. The summed E-state index contributed by atoms with van der Waals surface area (Å²) in [6.07, 6.45) is 2.63. The Morgan fingerprint density at radius 1 is 1.27 bits per heavy atom. The van der Waals surface area contributed by atoms with Crippen LogP contribution in [-0.2, 0) is 20.0 Å². The summed E-state index contributed by atoms with van der Waals surface area (Å²) in [6.45, 7) is 1.11. The number of hydrogen-bond donors (Lipinski definition) is 0. The van der Waals surface area contributed by atoms with Crippen molar-refractivity contribution in [1.29, 1.82) is 0 Å². The molecule has 160 valence electrons. The van der Waals surface area contributed by atoms with Gasteiger partial charge in [0.2, 0.25) is 0 Å². The van der Waals surface area contributed by atoms with Gasteiger partial charge in [-0.15, -0.1) is 0 Å². The van der Waals surface area contributed by atoms with Crippen LogP contribution in [0.4, 0.5) is 4.39 Å². The van der Waals surface area contributed by atoms with Gasteiger partial charge in [-0.05, 0) is 62.0 Å². The van der Waals surface area contributed by atoms with Crippen molar-refractivity contribution < 1.29 is 22.7 Å². The Morgan fingerprint density at radius 2 is 2.10 bits per heavy atom.